The highest BCUT2D eigenvalue weighted by molar-refractivity contribution is 5.66. The predicted molar refractivity (Wildman–Crippen MR) is 44.1 cm³/mol. The third-order valence-corrected chi connectivity index (χ3v) is 2.16. The summed E-state index contributed by atoms with van der Waals surface area (Å²) in [6.45, 7) is 0. The van der Waals surface area contributed by atoms with Crippen LogP contribution in [0.25, 0.3) is 0 Å². The van der Waals surface area contributed by atoms with Gasteiger partial charge in [-0.25, -0.2) is 4.79 Å². The molecule has 5 heteroatoms. The Morgan fingerprint density at radius 1 is 1.62 bits per heavy atom. The van der Waals surface area contributed by atoms with Crippen LogP contribution in [-0.4, -0.2) is 21.4 Å². The maximum atomic E-state index is 10.5. The van der Waals surface area contributed by atoms with Gasteiger partial charge >= 0.3 is 6.09 Å². The van der Waals surface area contributed by atoms with Crippen LogP contribution < -0.4 is 5.32 Å². The van der Waals surface area contributed by atoms with Crippen molar-refractivity contribution in [2.24, 2.45) is 0 Å². The van der Waals surface area contributed by atoms with Gasteiger partial charge in [0.25, 0.3) is 0 Å². The molecule has 1 saturated carbocycles. The van der Waals surface area contributed by atoms with Gasteiger partial charge in [0.1, 0.15) is 0 Å². The summed E-state index contributed by atoms with van der Waals surface area (Å²) in [7, 11) is 0. The van der Waals surface area contributed by atoms with E-state index in [0.29, 0.717) is 5.69 Å². The standard InChI is InChI=1S/C8H9N3O2/c12-7(13)10-8(3-4-8)6-2-1-5-9-11-6/h1-2,5,10H,3-4H2,(H,12,13). The first-order valence-corrected chi connectivity index (χ1v) is 4.02. The lowest BCUT2D eigenvalue weighted by atomic mass is 10.2. The van der Waals surface area contributed by atoms with Gasteiger partial charge in [0.05, 0.1) is 11.2 Å². The summed E-state index contributed by atoms with van der Waals surface area (Å²) in [4.78, 5) is 10.5. The van der Waals surface area contributed by atoms with Crippen LogP contribution in [0.5, 0.6) is 0 Å². The van der Waals surface area contributed by atoms with E-state index in [1.165, 1.54) is 0 Å². The van der Waals surface area contributed by atoms with Crippen molar-refractivity contribution in [3.05, 3.63) is 24.0 Å². The van der Waals surface area contributed by atoms with Crippen LogP contribution in [0, 0.1) is 0 Å². The van der Waals surface area contributed by atoms with Crippen LogP contribution >= 0.6 is 0 Å². The molecule has 5 nitrogen and oxygen atoms in total. The molecule has 1 aliphatic rings. The maximum absolute atomic E-state index is 10.5. The van der Waals surface area contributed by atoms with Gasteiger partial charge in [-0.1, -0.05) is 0 Å². The molecule has 0 aliphatic heterocycles. The molecule has 1 aromatic rings. The van der Waals surface area contributed by atoms with Crippen LogP contribution in [0.3, 0.4) is 0 Å². The van der Waals surface area contributed by atoms with E-state index in [4.69, 9.17) is 5.11 Å². The number of aromatic nitrogens is 2. The first-order valence-electron chi connectivity index (χ1n) is 4.02. The minimum absolute atomic E-state index is 0.458. The van der Waals surface area contributed by atoms with Crippen molar-refractivity contribution in [2.45, 2.75) is 18.4 Å². The second-order valence-corrected chi connectivity index (χ2v) is 3.12. The van der Waals surface area contributed by atoms with Crippen molar-refractivity contribution in [3.63, 3.8) is 0 Å². The molecule has 13 heavy (non-hydrogen) atoms. The fraction of sp³-hybridized carbons (Fsp3) is 0.375. The van der Waals surface area contributed by atoms with Gasteiger partial charge in [-0.05, 0) is 25.0 Å². The van der Waals surface area contributed by atoms with Gasteiger partial charge < -0.3 is 10.4 Å². The first-order chi connectivity index (χ1) is 6.23. The second-order valence-electron chi connectivity index (χ2n) is 3.12. The zero-order chi connectivity index (χ0) is 9.31. The molecule has 2 rings (SSSR count). The fourth-order valence-corrected chi connectivity index (χ4v) is 1.33. The highest BCUT2D eigenvalue weighted by Crippen LogP contribution is 2.44. The summed E-state index contributed by atoms with van der Waals surface area (Å²) in [6.07, 6.45) is 2.17. The summed E-state index contributed by atoms with van der Waals surface area (Å²) < 4.78 is 0. The SMILES string of the molecule is O=C(O)NC1(c2cccnn2)CC1. The molecule has 1 heterocycles. The Morgan fingerprint density at radius 2 is 2.38 bits per heavy atom. The summed E-state index contributed by atoms with van der Waals surface area (Å²) in [5, 5.41) is 18.7. The lowest BCUT2D eigenvalue weighted by Crippen LogP contribution is -2.34. The number of rotatable bonds is 2. The third kappa shape index (κ3) is 1.44. The molecule has 1 aromatic heterocycles. The van der Waals surface area contributed by atoms with E-state index in [-0.39, 0.29) is 0 Å². The minimum atomic E-state index is -1.01. The Morgan fingerprint density at radius 3 is 2.85 bits per heavy atom. The maximum Gasteiger partial charge on any atom is 0.405 e. The zero-order valence-electron chi connectivity index (χ0n) is 6.90. The van der Waals surface area contributed by atoms with E-state index < -0.39 is 11.6 Å². The van der Waals surface area contributed by atoms with Gasteiger partial charge in [-0.15, -0.1) is 0 Å². The van der Waals surface area contributed by atoms with Crippen LogP contribution in [-0.2, 0) is 5.54 Å². The molecule has 1 amide bonds. The average Bonchev–Trinajstić information content (AvgIpc) is 2.86. The summed E-state index contributed by atoms with van der Waals surface area (Å²) in [5.74, 6) is 0. The summed E-state index contributed by atoms with van der Waals surface area (Å²) in [6, 6.07) is 3.54. The summed E-state index contributed by atoms with van der Waals surface area (Å²) >= 11 is 0. The Labute approximate surface area is 74.8 Å². The zero-order valence-corrected chi connectivity index (χ0v) is 6.90. The van der Waals surface area contributed by atoms with Gasteiger partial charge in [-0.2, -0.15) is 10.2 Å². The molecule has 1 fully saturated rings. The molecule has 0 aromatic carbocycles. The molecular formula is C8H9N3O2. The average molecular weight is 179 g/mol. The molecule has 0 atom stereocenters. The lowest BCUT2D eigenvalue weighted by Gasteiger charge is -2.12. The lowest BCUT2D eigenvalue weighted by molar-refractivity contribution is 0.188. The van der Waals surface area contributed by atoms with Crippen molar-refractivity contribution in [1.29, 1.82) is 0 Å². The molecule has 0 bridgehead atoms. The molecule has 2 N–H and O–H groups in total. The van der Waals surface area contributed by atoms with Crippen molar-refractivity contribution >= 4 is 6.09 Å². The molecule has 0 radical (unpaired) electrons. The number of nitrogens with one attached hydrogen (secondary N) is 1. The molecular weight excluding hydrogens is 170 g/mol. The molecule has 68 valence electrons. The van der Waals surface area contributed by atoms with Gasteiger partial charge in [0.15, 0.2) is 0 Å². The van der Waals surface area contributed by atoms with E-state index in [1.807, 2.05) is 0 Å². The highest BCUT2D eigenvalue weighted by Gasteiger charge is 2.47. The summed E-state index contributed by atoms with van der Waals surface area (Å²) in [5.41, 5.74) is 0.248. The normalized spacial score (nSPS) is 17.8. The van der Waals surface area contributed by atoms with E-state index in [1.54, 1.807) is 18.3 Å². The van der Waals surface area contributed by atoms with E-state index in [0.717, 1.165) is 12.8 Å². The number of amides is 1. The second kappa shape index (κ2) is 2.69. The third-order valence-electron chi connectivity index (χ3n) is 2.16. The van der Waals surface area contributed by atoms with Crippen molar-refractivity contribution < 1.29 is 9.90 Å². The quantitative estimate of drug-likeness (QED) is 0.701. The van der Waals surface area contributed by atoms with Gasteiger partial charge in [0, 0.05) is 6.20 Å². The monoisotopic (exact) mass is 179 g/mol. The Hall–Kier alpha value is -1.65. The topological polar surface area (TPSA) is 75.1 Å². The van der Waals surface area contributed by atoms with Crippen molar-refractivity contribution in [2.75, 3.05) is 0 Å². The van der Waals surface area contributed by atoms with E-state index in [9.17, 15) is 4.79 Å². The van der Waals surface area contributed by atoms with Crippen LogP contribution in [0.1, 0.15) is 18.5 Å². The first kappa shape index (κ1) is 7.97. The number of carboxylic acid groups (broad SMARTS) is 1. The van der Waals surface area contributed by atoms with Crippen LogP contribution in [0.2, 0.25) is 0 Å². The number of carbonyl (C=O) groups is 1. The molecule has 0 unspecified atom stereocenters. The van der Waals surface area contributed by atoms with Crippen molar-refractivity contribution in [3.8, 4) is 0 Å². The van der Waals surface area contributed by atoms with Gasteiger partial charge in [-0.3, -0.25) is 0 Å². The van der Waals surface area contributed by atoms with Gasteiger partial charge in [0.2, 0.25) is 0 Å². The van der Waals surface area contributed by atoms with Crippen LogP contribution in [0.4, 0.5) is 4.79 Å². The minimum Gasteiger partial charge on any atom is -0.465 e. The fourth-order valence-electron chi connectivity index (χ4n) is 1.33. The molecule has 1 aliphatic carbocycles. The Bertz CT molecular complexity index is 321. The predicted octanol–water partition coefficient (Wildman–Crippen LogP) is 0.733. The largest absolute Gasteiger partial charge is 0.465 e. The molecule has 0 saturated heterocycles. The smallest absolute Gasteiger partial charge is 0.405 e. The number of nitrogens with zero attached hydrogens (tertiary/aromatic N) is 2. The van der Waals surface area contributed by atoms with E-state index >= 15 is 0 Å². The Kier molecular flexibility index (Phi) is 1.65. The number of hydrogen-bond donors (Lipinski definition) is 2. The Balaban J connectivity index is 2.21. The highest BCUT2D eigenvalue weighted by atomic mass is 16.4. The van der Waals surface area contributed by atoms with Crippen LogP contribution in [0.15, 0.2) is 18.3 Å². The van der Waals surface area contributed by atoms with E-state index in [2.05, 4.69) is 15.5 Å². The van der Waals surface area contributed by atoms with Crippen molar-refractivity contribution in [1.82, 2.24) is 15.5 Å². The number of hydrogen-bond acceptors (Lipinski definition) is 3. The molecule has 0 spiro atoms.